The summed E-state index contributed by atoms with van der Waals surface area (Å²) in [5, 5.41) is 3.94. The molecule has 1 aliphatic heterocycles. The number of rotatable bonds is 3. The number of aryl methyl sites for hydroxylation is 1. The fourth-order valence-corrected chi connectivity index (χ4v) is 2.92. The molecule has 5 heteroatoms. The van der Waals surface area contributed by atoms with E-state index >= 15 is 0 Å². The van der Waals surface area contributed by atoms with E-state index in [1.54, 1.807) is 11.9 Å². The van der Waals surface area contributed by atoms with Gasteiger partial charge in [-0.1, -0.05) is 25.1 Å². The van der Waals surface area contributed by atoms with E-state index in [1.807, 2.05) is 37.3 Å². The molecular weight excluding hydrogens is 290 g/mol. The molecule has 1 atom stereocenters. The third kappa shape index (κ3) is 3.18. The number of piperidine rings is 1. The van der Waals surface area contributed by atoms with Crippen molar-refractivity contribution in [2.75, 3.05) is 18.9 Å². The van der Waals surface area contributed by atoms with Crippen LogP contribution in [0.15, 0.2) is 30.3 Å². The highest BCUT2D eigenvalue weighted by Crippen LogP contribution is 2.25. The van der Waals surface area contributed by atoms with Gasteiger partial charge in [0.2, 0.25) is 11.8 Å². The van der Waals surface area contributed by atoms with Crippen molar-refractivity contribution in [2.24, 2.45) is 5.92 Å². The fraction of sp³-hybridized carbons (Fsp3) is 0.389. The molecule has 0 radical (unpaired) electrons. The average molecular weight is 311 g/mol. The van der Waals surface area contributed by atoms with E-state index in [0.717, 1.165) is 28.7 Å². The Hall–Kier alpha value is -2.43. The number of hydrogen-bond donors (Lipinski definition) is 1. The predicted octanol–water partition coefficient (Wildman–Crippen LogP) is 2.60. The lowest BCUT2D eigenvalue weighted by Crippen LogP contribution is -2.39. The van der Waals surface area contributed by atoms with Gasteiger partial charge in [0.15, 0.2) is 0 Å². The monoisotopic (exact) mass is 311 g/mol. The lowest BCUT2D eigenvalue weighted by atomic mass is 9.95. The molecule has 0 unspecified atom stereocenters. The maximum Gasteiger partial charge on any atom is 0.228 e. The first kappa shape index (κ1) is 15.5. The summed E-state index contributed by atoms with van der Waals surface area (Å²) in [6.07, 6.45) is 1.80. The van der Waals surface area contributed by atoms with Crippen LogP contribution in [0.3, 0.4) is 0 Å². The van der Waals surface area contributed by atoms with E-state index in [0.29, 0.717) is 13.0 Å². The average Bonchev–Trinajstić information content (AvgIpc) is 2.57. The number of pyridine rings is 1. The highest BCUT2D eigenvalue weighted by Gasteiger charge is 2.28. The second-order valence-corrected chi connectivity index (χ2v) is 6.03. The first-order valence-electron chi connectivity index (χ1n) is 8.02. The van der Waals surface area contributed by atoms with Crippen LogP contribution in [0.2, 0.25) is 0 Å². The smallest absolute Gasteiger partial charge is 0.228 e. The molecule has 1 saturated heterocycles. The molecule has 1 fully saturated rings. The van der Waals surface area contributed by atoms with Crippen molar-refractivity contribution in [3.63, 3.8) is 0 Å². The summed E-state index contributed by atoms with van der Waals surface area (Å²) in [4.78, 5) is 30.6. The summed E-state index contributed by atoms with van der Waals surface area (Å²) in [6, 6.07) is 9.71. The number of likely N-dealkylation sites (tertiary alicyclic amines) is 1. The quantitative estimate of drug-likeness (QED) is 0.947. The summed E-state index contributed by atoms with van der Waals surface area (Å²) >= 11 is 0. The summed E-state index contributed by atoms with van der Waals surface area (Å²) in [5.41, 5.74) is 2.60. The molecule has 2 amide bonds. The van der Waals surface area contributed by atoms with Crippen molar-refractivity contribution in [1.29, 1.82) is 0 Å². The van der Waals surface area contributed by atoms with Gasteiger partial charge >= 0.3 is 0 Å². The lowest BCUT2D eigenvalue weighted by molar-refractivity contribution is -0.137. The van der Waals surface area contributed by atoms with Gasteiger partial charge in [0, 0.05) is 37.0 Å². The Morgan fingerprint density at radius 2 is 2.17 bits per heavy atom. The molecular formula is C18H21N3O2. The number of fused-ring (bicyclic) bond motifs is 1. The predicted molar refractivity (Wildman–Crippen MR) is 90.1 cm³/mol. The van der Waals surface area contributed by atoms with Crippen LogP contribution < -0.4 is 5.32 Å². The van der Waals surface area contributed by atoms with E-state index in [-0.39, 0.29) is 24.2 Å². The largest absolute Gasteiger partial charge is 0.346 e. The molecule has 120 valence electrons. The van der Waals surface area contributed by atoms with Gasteiger partial charge in [-0.25, -0.2) is 0 Å². The number of hydrogen-bond acceptors (Lipinski definition) is 3. The van der Waals surface area contributed by atoms with E-state index < -0.39 is 0 Å². The third-order valence-corrected chi connectivity index (χ3v) is 4.42. The van der Waals surface area contributed by atoms with E-state index in [4.69, 9.17) is 0 Å². The Balaban J connectivity index is 1.86. The normalized spacial score (nSPS) is 18.3. The molecule has 5 nitrogen and oxygen atoms in total. The Morgan fingerprint density at radius 3 is 2.91 bits per heavy atom. The highest BCUT2D eigenvalue weighted by atomic mass is 16.2. The molecule has 0 saturated carbocycles. The summed E-state index contributed by atoms with van der Waals surface area (Å²) < 4.78 is 0. The maximum absolute atomic E-state index is 12.6. The Labute approximate surface area is 135 Å². The van der Waals surface area contributed by atoms with Crippen LogP contribution in [0.1, 0.15) is 25.5 Å². The van der Waals surface area contributed by atoms with Gasteiger partial charge in [-0.2, -0.15) is 0 Å². The Morgan fingerprint density at radius 1 is 1.39 bits per heavy atom. The fourth-order valence-electron chi connectivity index (χ4n) is 2.92. The molecule has 0 aliphatic carbocycles. The van der Waals surface area contributed by atoms with Crippen LogP contribution in [0.5, 0.6) is 0 Å². The van der Waals surface area contributed by atoms with Gasteiger partial charge in [-0.05, 0) is 25.0 Å². The van der Waals surface area contributed by atoms with Gasteiger partial charge in [0.1, 0.15) is 0 Å². The van der Waals surface area contributed by atoms with Crippen LogP contribution in [0.25, 0.3) is 10.9 Å². The van der Waals surface area contributed by atoms with Gasteiger partial charge < -0.3 is 10.2 Å². The third-order valence-electron chi connectivity index (χ3n) is 4.42. The van der Waals surface area contributed by atoms with Crippen molar-refractivity contribution in [3.05, 3.63) is 36.0 Å². The standard InChI is InChI=1S/C18H21N3O2/c1-3-13-11-16(14-6-4-5-7-15(14)19-13)20-18(23)12-8-9-21(2)17(22)10-12/h4-7,11-12H,3,8-10H2,1-2H3,(H,19,20,23)/t12-/m0/s1. The summed E-state index contributed by atoms with van der Waals surface area (Å²) in [6.45, 7) is 2.67. The topological polar surface area (TPSA) is 62.3 Å². The van der Waals surface area contributed by atoms with Crippen molar-refractivity contribution < 1.29 is 9.59 Å². The van der Waals surface area contributed by atoms with Gasteiger partial charge in [0.05, 0.1) is 11.2 Å². The lowest BCUT2D eigenvalue weighted by Gasteiger charge is -2.28. The first-order valence-corrected chi connectivity index (χ1v) is 8.02. The molecule has 3 rings (SSSR count). The van der Waals surface area contributed by atoms with Gasteiger partial charge in [0.25, 0.3) is 0 Å². The van der Waals surface area contributed by atoms with Crippen LogP contribution in [0.4, 0.5) is 5.69 Å². The highest BCUT2D eigenvalue weighted by molar-refractivity contribution is 6.03. The maximum atomic E-state index is 12.6. The second kappa shape index (κ2) is 6.36. The number of anilines is 1. The van der Waals surface area contributed by atoms with E-state index in [2.05, 4.69) is 10.3 Å². The summed E-state index contributed by atoms with van der Waals surface area (Å²) in [5.74, 6) is -0.300. The molecule has 1 N–H and O–H groups in total. The minimum atomic E-state index is -0.254. The zero-order valence-corrected chi connectivity index (χ0v) is 13.5. The zero-order valence-electron chi connectivity index (χ0n) is 13.5. The van der Waals surface area contributed by atoms with E-state index in [1.165, 1.54) is 0 Å². The van der Waals surface area contributed by atoms with Crippen molar-refractivity contribution in [3.8, 4) is 0 Å². The Kier molecular flexibility index (Phi) is 4.28. The van der Waals surface area contributed by atoms with E-state index in [9.17, 15) is 9.59 Å². The molecule has 2 aromatic rings. The van der Waals surface area contributed by atoms with Crippen molar-refractivity contribution >= 4 is 28.4 Å². The van der Waals surface area contributed by atoms with Crippen molar-refractivity contribution in [1.82, 2.24) is 9.88 Å². The number of benzene rings is 1. The second-order valence-electron chi connectivity index (χ2n) is 6.03. The summed E-state index contributed by atoms with van der Waals surface area (Å²) in [7, 11) is 1.78. The number of nitrogens with zero attached hydrogens (tertiary/aromatic N) is 2. The minimum Gasteiger partial charge on any atom is -0.346 e. The molecule has 2 heterocycles. The molecule has 1 aliphatic rings. The number of amides is 2. The minimum absolute atomic E-state index is 0.0326. The van der Waals surface area contributed by atoms with Crippen LogP contribution in [-0.4, -0.2) is 35.3 Å². The number of para-hydroxylation sites is 1. The number of nitrogens with one attached hydrogen (secondary N) is 1. The van der Waals surface area contributed by atoms with Crippen LogP contribution in [-0.2, 0) is 16.0 Å². The van der Waals surface area contributed by atoms with Gasteiger partial charge in [-0.3, -0.25) is 14.6 Å². The molecule has 0 bridgehead atoms. The molecule has 1 aromatic carbocycles. The molecule has 1 aromatic heterocycles. The molecule has 23 heavy (non-hydrogen) atoms. The van der Waals surface area contributed by atoms with Crippen LogP contribution in [0, 0.1) is 5.92 Å². The number of carbonyl (C=O) groups excluding carboxylic acids is 2. The number of carbonyl (C=O) groups is 2. The number of aromatic nitrogens is 1. The van der Waals surface area contributed by atoms with Crippen molar-refractivity contribution in [2.45, 2.75) is 26.2 Å². The van der Waals surface area contributed by atoms with Gasteiger partial charge in [-0.15, -0.1) is 0 Å². The van der Waals surface area contributed by atoms with Crippen LogP contribution >= 0.6 is 0 Å². The molecule has 0 spiro atoms. The first-order chi connectivity index (χ1) is 11.1. The SMILES string of the molecule is CCc1cc(NC(=O)[C@H]2CCN(C)C(=O)C2)c2ccccc2n1. The Bertz CT molecular complexity index is 757. The zero-order chi connectivity index (χ0) is 16.4.